The van der Waals surface area contributed by atoms with Crippen molar-refractivity contribution in [3.63, 3.8) is 0 Å². The Morgan fingerprint density at radius 1 is 1.12 bits per heavy atom. The van der Waals surface area contributed by atoms with Crippen molar-refractivity contribution in [3.05, 3.63) is 83.5 Å². The summed E-state index contributed by atoms with van der Waals surface area (Å²) in [4.78, 5) is 27.8. The number of para-hydroxylation sites is 2. The lowest BCUT2D eigenvalue weighted by Crippen LogP contribution is -2.07. The molecule has 2 aromatic carbocycles. The molecule has 9 nitrogen and oxygen atoms in total. The van der Waals surface area contributed by atoms with Crippen LogP contribution in [-0.4, -0.2) is 48.0 Å². The number of benzene rings is 2. The quantitative estimate of drug-likeness (QED) is 0.220. The maximum Gasteiger partial charge on any atom is 0.317 e. The van der Waals surface area contributed by atoms with E-state index in [1.807, 2.05) is 47.9 Å². The minimum atomic E-state index is -0.272. The molecule has 0 aliphatic carbocycles. The second-order valence-electron chi connectivity index (χ2n) is 6.82. The molecule has 0 atom stereocenters. The molecule has 166 valence electrons. The van der Waals surface area contributed by atoms with Crippen molar-refractivity contribution in [2.24, 2.45) is 0 Å². The van der Waals surface area contributed by atoms with Gasteiger partial charge < -0.3 is 4.74 Å². The molecule has 0 aliphatic heterocycles. The van der Waals surface area contributed by atoms with Crippen LogP contribution in [0.3, 0.4) is 0 Å². The summed E-state index contributed by atoms with van der Waals surface area (Å²) >= 11 is 1.21. The van der Waals surface area contributed by atoms with Crippen molar-refractivity contribution in [2.75, 3.05) is 12.4 Å². The number of carbonyl (C=O) groups excluding carboxylic acids is 1. The van der Waals surface area contributed by atoms with Gasteiger partial charge in [0.05, 0.1) is 23.0 Å². The van der Waals surface area contributed by atoms with Crippen molar-refractivity contribution in [1.29, 1.82) is 0 Å². The second-order valence-corrected chi connectivity index (χ2v) is 7.76. The highest BCUT2D eigenvalue weighted by Gasteiger charge is 2.21. The van der Waals surface area contributed by atoms with E-state index in [0.717, 1.165) is 11.3 Å². The van der Waals surface area contributed by atoms with Gasteiger partial charge in [-0.3, -0.25) is 14.3 Å². The van der Waals surface area contributed by atoms with Crippen LogP contribution in [-0.2, 0) is 0 Å². The fraction of sp³-hybridized carbons (Fsp3) is 0.130. The van der Waals surface area contributed by atoms with Crippen molar-refractivity contribution >= 4 is 23.2 Å². The van der Waals surface area contributed by atoms with Gasteiger partial charge in [0.2, 0.25) is 0 Å². The van der Waals surface area contributed by atoms with Crippen LogP contribution < -0.4 is 4.74 Å². The summed E-state index contributed by atoms with van der Waals surface area (Å²) in [6.07, 6.45) is 3.37. The zero-order chi connectivity index (χ0) is 23.2. The van der Waals surface area contributed by atoms with Gasteiger partial charge >= 0.3 is 5.69 Å². The number of ether oxygens (including phenoxy) is 1. The molecule has 2 heterocycles. The molecule has 0 spiro atoms. The highest BCUT2D eigenvalue weighted by atomic mass is 32.2. The Balaban J connectivity index is 1.69. The fourth-order valence-corrected chi connectivity index (χ4v) is 4.03. The topological polar surface area (TPSA) is 110 Å². The van der Waals surface area contributed by atoms with Gasteiger partial charge in [-0.25, -0.2) is 5.21 Å². The number of Topliss-reactive ketones (excluding diaryl/α,β-unsaturated/α-hetero) is 1. The monoisotopic (exact) mass is 462 g/mol. The number of hydrogen-bond acceptors (Lipinski definition) is 7. The van der Waals surface area contributed by atoms with E-state index in [9.17, 15) is 9.70 Å². The molecule has 0 fully saturated rings. The number of hydrogen-bond donors (Lipinski definition) is 1. The van der Waals surface area contributed by atoms with E-state index in [-0.39, 0.29) is 22.1 Å². The van der Waals surface area contributed by atoms with Gasteiger partial charge in [-0.05, 0) is 31.2 Å². The fourth-order valence-electron chi connectivity index (χ4n) is 3.19. The zero-order valence-electron chi connectivity index (χ0n) is 17.7. The largest absolute Gasteiger partial charge is 0.492 e. The number of ketones is 1. The highest BCUT2D eigenvalue weighted by molar-refractivity contribution is 7.99. The third-order valence-electron chi connectivity index (χ3n) is 4.68. The summed E-state index contributed by atoms with van der Waals surface area (Å²) in [7, 11) is 0. The molecule has 0 amide bonds. The number of rotatable bonds is 9. The molecule has 33 heavy (non-hydrogen) atoms. The number of pyridine rings is 1. The van der Waals surface area contributed by atoms with Gasteiger partial charge in [0, 0.05) is 35.7 Å². The molecule has 4 rings (SSSR count). The third kappa shape index (κ3) is 4.90. The van der Waals surface area contributed by atoms with E-state index in [1.165, 1.54) is 30.0 Å². The smallest absolute Gasteiger partial charge is 0.317 e. The zero-order valence-corrected chi connectivity index (χ0v) is 18.5. The molecule has 0 saturated carbocycles. The van der Waals surface area contributed by atoms with E-state index >= 15 is 0 Å². The van der Waals surface area contributed by atoms with Crippen LogP contribution in [0.4, 0.5) is 5.69 Å². The van der Waals surface area contributed by atoms with Crippen LogP contribution in [0.2, 0.25) is 0 Å². The van der Waals surface area contributed by atoms with Crippen LogP contribution in [0.15, 0.2) is 78.2 Å². The number of thioether (sulfide) groups is 1. The van der Waals surface area contributed by atoms with Crippen LogP contribution in [0.25, 0.3) is 17.1 Å². The highest BCUT2D eigenvalue weighted by Crippen LogP contribution is 2.32. The van der Waals surface area contributed by atoms with E-state index in [2.05, 4.69) is 15.2 Å². The molecule has 1 N–H and O–H groups in total. The Morgan fingerprint density at radius 3 is 2.73 bits per heavy atom. The first-order valence-electron chi connectivity index (χ1n) is 10.1. The summed E-state index contributed by atoms with van der Waals surface area (Å²) in [5.74, 6) is 1.05. The average molecular weight is 463 g/mol. The minimum Gasteiger partial charge on any atom is -0.492 e. The maximum atomic E-state index is 12.8. The summed E-state index contributed by atoms with van der Waals surface area (Å²) in [5, 5.41) is 18.3. The van der Waals surface area contributed by atoms with Crippen LogP contribution in [0, 0.1) is 4.91 Å². The van der Waals surface area contributed by atoms with Gasteiger partial charge in [0.25, 0.3) is 4.92 Å². The van der Waals surface area contributed by atoms with Gasteiger partial charge in [0.1, 0.15) is 5.75 Å². The summed E-state index contributed by atoms with van der Waals surface area (Å²) in [6.45, 7) is 2.39. The van der Waals surface area contributed by atoms with E-state index in [4.69, 9.17) is 9.94 Å². The molecular weight excluding hydrogens is 442 g/mol. The van der Waals surface area contributed by atoms with Crippen molar-refractivity contribution in [2.45, 2.75) is 12.1 Å². The van der Waals surface area contributed by atoms with Gasteiger partial charge in [-0.2, -0.15) is 0 Å². The first-order valence-corrected chi connectivity index (χ1v) is 11.1. The van der Waals surface area contributed by atoms with Crippen molar-refractivity contribution in [3.8, 4) is 22.8 Å². The Hall–Kier alpha value is -4.05. The molecule has 10 heteroatoms. The summed E-state index contributed by atoms with van der Waals surface area (Å²) in [5.41, 5.74) is 1.80. The Labute approximate surface area is 193 Å². The molecule has 0 aliphatic rings. The molecule has 0 radical (unpaired) electrons. The lowest BCUT2D eigenvalue weighted by molar-refractivity contribution is -0.729. The van der Waals surface area contributed by atoms with Gasteiger partial charge in [-0.15, -0.1) is 10.2 Å². The third-order valence-corrected chi connectivity index (χ3v) is 5.61. The lowest BCUT2D eigenvalue weighted by Gasteiger charge is -2.14. The first kappa shape index (κ1) is 22.2. The summed E-state index contributed by atoms with van der Waals surface area (Å²) in [6, 6.07) is 17.1. The molecule has 0 saturated heterocycles. The Morgan fingerprint density at radius 2 is 1.97 bits per heavy atom. The van der Waals surface area contributed by atoms with Gasteiger partial charge in [0.15, 0.2) is 16.8 Å². The lowest BCUT2D eigenvalue weighted by atomic mass is 10.1. The molecular formula is C23H20N5O4S+. The predicted octanol–water partition coefficient (Wildman–Crippen LogP) is 4.50. The predicted molar refractivity (Wildman–Crippen MR) is 122 cm³/mol. The SMILES string of the molecule is CCOc1ccccc1-n1c(SCC(=O)c2cccc([N+](=O)O)c2)nnc1-c1cccnc1. The number of aromatic nitrogens is 4. The van der Waals surface area contributed by atoms with Crippen LogP contribution in [0.1, 0.15) is 17.3 Å². The van der Waals surface area contributed by atoms with E-state index in [0.29, 0.717) is 28.9 Å². The van der Waals surface area contributed by atoms with E-state index < -0.39 is 0 Å². The van der Waals surface area contributed by atoms with Crippen molar-refractivity contribution in [1.82, 2.24) is 19.7 Å². The molecule has 4 aromatic rings. The molecule has 0 bridgehead atoms. The number of nitrogens with zero attached hydrogens (tertiary/aromatic N) is 5. The Bertz CT molecular complexity index is 1290. The second kappa shape index (κ2) is 10.0. The standard InChI is InChI=1S/C23H20N5O4S/c1-2-32-21-11-4-3-10-19(21)27-22(17-8-6-12-24-14-17)25-26-23(27)33-15-20(29)16-7-5-9-18(13-16)28(30)31/h3-14H,2,15H2,1H3,(H,30,31)/q+1. The van der Waals surface area contributed by atoms with Crippen LogP contribution in [0.5, 0.6) is 5.75 Å². The van der Waals surface area contributed by atoms with Crippen LogP contribution >= 0.6 is 11.8 Å². The normalized spacial score (nSPS) is 10.7. The average Bonchev–Trinajstić information content (AvgIpc) is 3.27. The van der Waals surface area contributed by atoms with Gasteiger partial charge in [-0.1, -0.05) is 36.0 Å². The summed E-state index contributed by atoms with van der Waals surface area (Å²) < 4.78 is 7.65. The minimum absolute atomic E-state index is 0.0153. The molecule has 0 unspecified atom stereocenters. The number of carbonyl (C=O) groups is 1. The Kier molecular flexibility index (Phi) is 6.75. The van der Waals surface area contributed by atoms with Crippen molar-refractivity contribution < 1.29 is 19.7 Å². The maximum absolute atomic E-state index is 12.8. The molecule has 2 aromatic heterocycles. The first-order chi connectivity index (χ1) is 16.1. The van der Waals surface area contributed by atoms with E-state index in [1.54, 1.807) is 18.5 Å².